The summed E-state index contributed by atoms with van der Waals surface area (Å²) in [5, 5.41) is 6.60. The number of carbonyl (C=O) groups excluding carboxylic acids is 1. The molecule has 2 aromatic carbocycles. The van der Waals surface area contributed by atoms with Crippen LogP contribution in [0.2, 0.25) is 0 Å². The van der Waals surface area contributed by atoms with Crippen LogP contribution in [0, 0.1) is 12.7 Å². The van der Waals surface area contributed by atoms with Crippen LogP contribution in [0.1, 0.15) is 34.5 Å². The summed E-state index contributed by atoms with van der Waals surface area (Å²) >= 11 is 0. The fourth-order valence-electron chi connectivity index (χ4n) is 3.63. The number of carbonyl (C=O) groups is 1. The Kier molecular flexibility index (Phi) is 6.27. The molecule has 166 valence electrons. The number of hydrogen-bond donors (Lipinski definition) is 1. The van der Waals surface area contributed by atoms with Crippen LogP contribution in [0.5, 0.6) is 0 Å². The Morgan fingerprint density at radius 2 is 1.94 bits per heavy atom. The largest absolute Gasteiger partial charge is 0.376 e. The van der Waals surface area contributed by atoms with Crippen molar-refractivity contribution in [2.24, 2.45) is 0 Å². The topological polar surface area (TPSA) is 95.2 Å². The van der Waals surface area contributed by atoms with E-state index in [1.807, 2.05) is 19.1 Å². The first-order valence-corrected chi connectivity index (χ1v) is 10.4. The van der Waals surface area contributed by atoms with E-state index < -0.39 is 28.7 Å². The van der Waals surface area contributed by atoms with Gasteiger partial charge in [-0.2, -0.15) is 9.78 Å². The summed E-state index contributed by atoms with van der Waals surface area (Å²) in [5.41, 5.74) is -0.709. The molecular formula is C23H23FN4O4. The van der Waals surface area contributed by atoms with E-state index in [0.717, 1.165) is 33.2 Å². The fourth-order valence-corrected chi connectivity index (χ4v) is 3.63. The van der Waals surface area contributed by atoms with Crippen LogP contribution in [-0.4, -0.2) is 39.5 Å². The van der Waals surface area contributed by atoms with Gasteiger partial charge in [0.25, 0.3) is 11.5 Å². The van der Waals surface area contributed by atoms with E-state index in [9.17, 15) is 18.8 Å². The maximum absolute atomic E-state index is 14.5. The van der Waals surface area contributed by atoms with Crippen molar-refractivity contribution in [3.63, 3.8) is 0 Å². The quantitative estimate of drug-likeness (QED) is 0.633. The lowest BCUT2D eigenvalue weighted by atomic mass is 10.1. The third kappa shape index (κ3) is 4.38. The van der Waals surface area contributed by atoms with Gasteiger partial charge in [0.15, 0.2) is 0 Å². The third-order valence-corrected chi connectivity index (χ3v) is 5.46. The molecule has 1 aliphatic rings. The molecule has 1 saturated heterocycles. The molecule has 9 heteroatoms. The van der Waals surface area contributed by atoms with Gasteiger partial charge in [-0.15, -0.1) is 0 Å². The second kappa shape index (κ2) is 9.27. The molecule has 0 radical (unpaired) electrons. The van der Waals surface area contributed by atoms with Crippen LogP contribution in [0.4, 0.5) is 4.39 Å². The lowest BCUT2D eigenvalue weighted by Gasteiger charge is -2.14. The van der Waals surface area contributed by atoms with Crippen LogP contribution >= 0.6 is 0 Å². The number of aromatic nitrogens is 3. The summed E-state index contributed by atoms with van der Waals surface area (Å²) in [6, 6.07) is 12.8. The maximum atomic E-state index is 14.5. The molecule has 0 aliphatic carbocycles. The number of aryl methyl sites for hydroxylation is 1. The Balaban J connectivity index is 1.80. The molecule has 8 nitrogen and oxygen atoms in total. The highest BCUT2D eigenvalue weighted by molar-refractivity contribution is 5.91. The van der Waals surface area contributed by atoms with Gasteiger partial charge in [0.05, 0.1) is 12.6 Å². The van der Waals surface area contributed by atoms with Crippen LogP contribution in [0.15, 0.2) is 58.1 Å². The van der Waals surface area contributed by atoms with Gasteiger partial charge >= 0.3 is 5.69 Å². The van der Waals surface area contributed by atoms with Crippen molar-refractivity contribution in [3.05, 3.63) is 92.0 Å². The zero-order valence-electron chi connectivity index (χ0n) is 17.6. The maximum Gasteiger partial charge on any atom is 0.352 e. The molecule has 1 aromatic heterocycles. The first kappa shape index (κ1) is 21.6. The standard InChI is InChI=1S/C23H23FN4O4/c1-15-7-2-3-8-16(15)14-27-22(30)20(21(29)25-13-17-9-6-12-32-17)26-28(23(27)31)19-11-5-4-10-18(19)24/h2-5,7-8,10-11,17H,6,9,12-14H2,1H3,(H,25,29)/t17-/m1/s1. The van der Waals surface area contributed by atoms with E-state index in [1.54, 1.807) is 18.2 Å². The molecule has 0 saturated carbocycles. The van der Waals surface area contributed by atoms with E-state index in [1.165, 1.54) is 18.2 Å². The number of rotatable bonds is 6. The van der Waals surface area contributed by atoms with Crippen LogP contribution in [0.25, 0.3) is 5.69 Å². The number of hydrogen-bond acceptors (Lipinski definition) is 5. The van der Waals surface area contributed by atoms with Gasteiger partial charge in [0.1, 0.15) is 11.5 Å². The van der Waals surface area contributed by atoms with Crippen molar-refractivity contribution in [1.29, 1.82) is 0 Å². The van der Waals surface area contributed by atoms with E-state index in [0.29, 0.717) is 6.61 Å². The highest BCUT2D eigenvalue weighted by Gasteiger charge is 2.23. The fraction of sp³-hybridized carbons (Fsp3) is 0.304. The Hall–Kier alpha value is -3.59. The van der Waals surface area contributed by atoms with Gasteiger partial charge in [-0.25, -0.2) is 9.18 Å². The minimum Gasteiger partial charge on any atom is -0.376 e. The molecule has 1 amide bonds. The van der Waals surface area contributed by atoms with Crippen molar-refractivity contribution in [1.82, 2.24) is 19.7 Å². The van der Waals surface area contributed by atoms with Gasteiger partial charge in [0.2, 0.25) is 5.69 Å². The van der Waals surface area contributed by atoms with Crippen molar-refractivity contribution < 1.29 is 13.9 Å². The second-order valence-electron chi connectivity index (χ2n) is 7.66. The zero-order valence-corrected chi connectivity index (χ0v) is 17.6. The Labute approximate surface area is 183 Å². The molecule has 0 spiro atoms. The number of ether oxygens (including phenoxy) is 1. The monoisotopic (exact) mass is 438 g/mol. The van der Waals surface area contributed by atoms with Gasteiger partial charge in [-0.3, -0.25) is 14.2 Å². The number of para-hydroxylation sites is 1. The second-order valence-corrected chi connectivity index (χ2v) is 7.66. The van der Waals surface area contributed by atoms with Gasteiger partial charge in [0, 0.05) is 13.2 Å². The number of halogens is 1. The molecule has 4 rings (SSSR count). The average Bonchev–Trinajstić information content (AvgIpc) is 3.31. The van der Waals surface area contributed by atoms with E-state index in [2.05, 4.69) is 10.4 Å². The summed E-state index contributed by atoms with van der Waals surface area (Å²) in [7, 11) is 0. The molecule has 1 atom stereocenters. The lowest BCUT2D eigenvalue weighted by Crippen LogP contribution is -2.47. The predicted molar refractivity (Wildman–Crippen MR) is 116 cm³/mol. The van der Waals surface area contributed by atoms with Crippen molar-refractivity contribution in [2.45, 2.75) is 32.4 Å². The van der Waals surface area contributed by atoms with Gasteiger partial charge < -0.3 is 10.1 Å². The molecule has 1 fully saturated rings. The molecule has 3 aromatic rings. The van der Waals surface area contributed by atoms with Crippen LogP contribution in [0.3, 0.4) is 0 Å². The summed E-state index contributed by atoms with van der Waals surface area (Å²) in [6.07, 6.45) is 1.57. The van der Waals surface area contributed by atoms with Crippen LogP contribution in [-0.2, 0) is 11.3 Å². The molecule has 2 heterocycles. The average molecular weight is 438 g/mol. The van der Waals surface area contributed by atoms with Crippen molar-refractivity contribution in [2.75, 3.05) is 13.2 Å². The van der Waals surface area contributed by atoms with Gasteiger partial charge in [-0.05, 0) is 43.0 Å². The van der Waals surface area contributed by atoms with Crippen molar-refractivity contribution >= 4 is 5.91 Å². The summed E-state index contributed by atoms with van der Waals surface area (Å²) in [4.78, 5) is 39.1. The number of nitrogens with one attached hydrogen (secondary N) is 1. The first-order valence-electron chi connectivity index (χ1n) is 10.4. The predicted octanol–water partition coefficient (Wildman–Crippen LogP) is 1.80. The molecule has 0 bridgehead atoms. The normalized spacial score (nSPS) is 15.6. The van der Waals surface area contributed by atoms with Crippen LogP contribution < -0.4 is 16.6 Å². The molecule has 1 aliphatic heterocycles. The minimum absolute atomic E-state index is 0.0761. The number of amides is 1. The highest BCUT2D eigenvalue weighted by Crippen LogP contribution is 2.12. The third-order valence-electron chi connectivity index (χ3n) is 5.46. The van der Waals surface area contributed by atoms with E-state index >= 15 is 0 Å². The number of nitrogens with zero attached hydrogens (tertiary/aromatic N) is 3. The molecule has 1 N–H and O–H groups in total. The Morgan fingerprint density at radius 3 is 2.66 bits per heavy atom. The highest BCUT2D eigenvalue weighted by atomic mass is 19.1. The van der Waals surface area contributed by atoms with Crippen molar-refractivity contribution in [3.8, 4) is 5.69 Å². The zero-order chi connectivity index (χ0) is 22.7. The Bertz CT molecular complexity index is 1260. The smallest absolute Gasteiger partial charge is 0.352 e. The molecule has 32 heavy (non-hydrogen) atoms. The minimum atomic E-state index is -0.837. The van der Waals surface area contributed by atoms with E-state index in [-0.39, 0.29) is 24.9 Å². The van der Waals surface area contributed by atoms with Gasteiger partial charge in [-0.1, -0.05) is 36.4 Å². The van der Waals surface area contributed by atoms with E-state index in [4.69, 9.17) is 4.74 Å². The lowest BCUT2D eigenvalue weighted by molar-refractivity contribution is 0.0849. The summed E-state index contributed by atoms with van der Waals surface area (Å²) < 4.78 is 21.6. The first-order chi connectivity index (χ1) is 15.5. The Morgan fingerprint density at radius 1 is 1.19 bits per heavy atom. The molecule has 0 unspecified atom stereocenters. The molecular weight excluding hydrogens is 415 g/mol. The number of benzene rings is 2. The SMILES string of the molecule is Cc1ccccc1Cn1c(=O)c(C(=O)NC[C@H]2CCCO2)nn(-c2ccccc2F)c1=O. The summed E-state index contributed by atoms with van der Waals surface area (Å²) in [5.74, 6) is -1.44. The summed E-state index contributed by atoms with van der Waals surface area (Å²) in [6.45, 7) is 2.62.